The number of hydrogen-bond donors (Lipinski definition) is 1. The van der Waals surface area contributed by atoms with Crippen LogP contribution in [-0.4, -0.2) is 47.2 Å². The lowest BCUT2D eigenvalue weighted by Gasteiger charge is -2.27. The van der Waals surface area contributed by atoms with Gasteiger partial charge in [0.2, 0.25) is 0 Å². The molecule has 0 fully saturated rings. The van der Waals surface area contributed by atoms with E-state index in [2.05, 4.69) is 4.98 Å². The van der Waals surface area contributed by atoms with Crippen LogP contribution < -0.4 is 0 Å². The fourth-order valence-electron chi connectivity index (χ4n) is 3.16. The van der Waals surface area contributed by atoms with Crippen molar-refractivity contribution in [1.82, 2.24) is 9.88 Å². The average Bonchev–Trinajstić information content (AvgIpc) is 2.95. The van der Waals surface area contributed by atoms with E-state index in [1.54, 1.807) is 27.7 Å². The molecule has 1 atom stereocenters. The molecular formula is C20H23FN2O4. The number of hydrogen-bond acceptors (Lipinski definition) is 4. The number of carbonyl (C=O) groups excluding carboxylic acids is 3. The molecule has 27 heavy (non-hydrogen) atoms. The number of Topliss-reactive ketones (excluding diaryl/α,β-unsaturated/α-hetero) is 1. The zero-order valence-electron chi connectivity index (χ0n) is 16.1. The molecule has 144 valence electrons. The molecule has 0 radical (unpaired) electrons. The van der Waals surface area contributed by atoms with Crippen molar-refractivity contribution in [1.29, 1.82) is 0 Å². The molecule has 1 amide bonds. The minimum absolute atomic E-state index is 0.175. The van der Waals surface area contributed by atoms with Crippen LogP contribution in [0.2, 0.25) is 0 Å². The Kier molecular flexibility index (Phi) is 6.15. The number of rotatable bonds is 6. The van der Waals surface area contributed by atoms with Crippen LogP contribution in [0.4, 0.5) is 4.39 Å². The smallest absolute Gasteiger partial charge is 0.354 e. The molecule has 0 bridgehead atoms. The predicted molar refractivity (Wildman–Crippen MR) is 98.5 cm³/mol. The van der Waals surface area contributed by atoms with Crippen molar-refractivity contribution in [2.75, 3.05) is 13.7 Å². The minimum atomic E-state index is -0.788. The molecule has 0 unspecified atom stereocenters. The summed E-state index contributed by atoms with van der Waals surface area (Å²) in [6.07, 6.45) is 0. The van der Waals surface area contributed by atoms with Gasteiger partial charge in [0.25, 0.3) is 5.91 Å². The van der Waals surface area contributed by atoms with E-state index in [1.807, 2.05) is 0 Å². The second-order valence-corrected chi connectivity index (χ2v) is 6.26. The van der Waals surface area contributed by atoms with Crippen LogP contribution >= 0.6 is 0 Å². The van der Waals surface area contributed by atoms with Crippen molar-refractivity contribution in [2.45, 2.75) is 33.7 Å². The first-order valence-electron chi connectivity index (χ1n) is 8.61. The van der Waals surface area contributed by atoms with Crippen molar-refractivity contribution in [2.24, 2.45) is 0 Å². The number of carbonyl (C=O) groups is 3. The van der Waals surface area contributed by atoms with Crippen LogP contribution in [-0.2, 0) is 4.74 Å². The van der Waals surface area contributed by atoms with E-state index in [9.17, 15) is 18.8 Å². The lowest BCUT2D eigenvalue weighted by atomic mass is 9.99. The van der Waals surface area contributed by atoms with E-state index < -0.39 is 23.7 Å². The monoisotopic (exact) mass is 374 g/mol. The molecule has 0 aliphatic rings. The van der Waals surface area contributed by atoms with Gasteiger partial charge in [0, 0.05) is 23.4 Å². The first-order valence-corrected chi connectivity index (χ1v) is 8.61. The Morgan fingerprint density at radius 1 is 1.26 bits per heavy atom. The quantitative estimate of drug-likeness (QED) is 0.622. The van der Waals surface area contributed by atoms with E-state index in [-0.39, 0.29) is 23.6 Å². The summed E-state index contributed by atoms with van der Waals surface area (Å²) in [5.41, 5.74) is 1.75. The SMILES string of the molecule is CCN(C(=O)c1cccc(F)c1)[C@H](C)C(=O)c1c(C)[nH]c(C(=O)OC)c1C. The number of nitrogens with zero attached hydrogens (tertiary/aromatic N) is 1. The van der Waals surface area contributed by atoms with Gasteiger partial charge in [-0.1, -0.05) is 6.07 Å². The number of methoxy groups -OCH3 is 1. The van der Waals surface area contributed by atoms with Gasteiger partial charge in [0.15, 0.2) is 5.78 Å². The normalized spacial score (nSPS) is 11.8. The Hall–Kier alpha value is -2.96. The molecule has 1 N–H and O–H groups in total. The third kappa shape index (κ3) is 3.92. The average molecular weight is 374 g/mol. The van der Waals surface area contributed by atoms with Crippen LogP contribution in [0.15, 0.2) is 24.3 Å². The van der Waals surface area contributed by atoms with Crippen molar-refractivity contribution in [3.63, 3.8) is 0 Å². The summed E-state index contributed by atoms with van der Waals surface area (Å²) in [4.78, 5) is 41.9. The molecule has 1 aromatic carbocycles. The number of esters is 1. The molecule has 7 heteroatoms. The second kappa shape index (κ2) is 8.16. The molecule has 0 aliphatic carbocycles. The van der Waals surface area contributed by atoms with Gasteiger partial charge in [-0.25, -0.2) is 9.18 Å². The summed E-state index contributed by atoms with van der Waals surface area (Å²) in [6.45, 7) is 6.98. The number of aromatic nitrogens is 1. The van der Waals surface area contributed by atoms with Gasteiger partial charge in [0.1, 0.15) is 11.5 Å². The molecule has 1 heterocycles. The number of nitrogens with one attached hydrogen (secondary N) is 1. The van der Waals surface area contributed by atoms with Crippen molar-refractivity contribution >= 4 is 17.7 Å². The first-order chi connectivity index (χ1) is 12.7. The predicted octanol–water partition coefficient (Wildman–Crippen LogP) is 3.29. The summed E-state index contributed by atoms with van der Waals surface area (Å²) in [6, 6.07) is 4.57. The highest BCUT2D eigenvalue weighted by Gasteiger charge is 2.31. The van der Waals surface area contributed by atoms with Crippen molar-refractivity contribution in [3.8, 4) is 0 Å². The Morgan fingerprint density at radius 3 is 2.48 bits per heavy atom. The van der Waals surface area contributed by atoms with Gasteiger partial charge >= 0.3 is 5.97 Å². The summed E-state index contributed by atoms with van der Waals surface area (Å²) in [5, 5.41) is 0. The fraction of sp³-hybridized carbons (Fsp3) is 0.350. The standard InChI is InChI=1S/C20H23FN2O4/c1-6-23(19(25)14-8-7-9-15(21)10-14)13(4)18(24)16-11(2)17(20(26)27-5)22-12(16)3/h7-10,13,22H,6H2,1-5H3/t13-/m1/s1. The third-order valence-electron chi connectivity index (χ3n) is 4.59. The summed E-state index contributed by atoms with van der Waals surface area (Å²) < 4.78 is 18.2. The molecule has 0 saturated carbocycles. The van der Waals surface area contributed by atoms with Gasteiger partial charge in [0.05, 0.1) is 13.2 Å². The number of ether oxygens (including phenoxy) is 1. The third-order valence-corrected chi connectivity index (χ3v) is 4.59. The maximum absolute atomic E-state index is 13.5. The maximum Gasteiger partial charge on any atom is 0.354 e. The Morgan fingerprint density at radius 2 is 1.93 bits per heavy atom. The second-order valence-electron chi connectivity index (χ2n) is 6.26. The zero-order chi connectivity index (χ0) is 20.3. The van der Waals surface area contributed by atoms with Crippen molar-refractivity contribution in [3.05, 3.63) is 58.2 Å². The van der Waals surface area contributed by atoms with Crippen LogP contribution in [0.3, 0.4) is 0 Å². The minimum Gasteiger partial charge on any atom is -0.464 e. The van der Waals surface area contributed by atoms with E-state index >= 15 is 0 Å². The number of amides is 1. The molecule has 6 nitrogen and oxygen atoms in total. The lowest BCUT2D eigenvalue weighted by Crippen LogP contribution is -2.43. The van der Waals surface area contributed by atoms with Gasteiger partial charge in [-0.2, -0.15) is 0 Å². The van der Waals surface area contributed by atoms with Crippen LogP contribution in [0.25, 0.3) is 0 Å². The molecular weight excluding hydrogens is 351 g/mol. The number of halogens is 1. The summed E-state index contributed by atoms with van der Waals surface area (Å²) in [7, 11) is 1.26. The summed E-state index contributed by atoms with van der Waals surface area (Å²) >= 11 is 0. The van der Waals surface area contributed by atoms with Crippen molar-refractivity contribution < 1.29 is 23.5 Å². The molecule has 0 spiro atoms. The molecule has 2 rings (SSSR count). The Bertz CT molecular complexity index is 888. The Labute approximate surface area is 157 Å². The van der Waals surface area contributed by atoms with Gasteiger partial charge in [-0.3, -0.25) is 9.59 Å². The van der Waals surface area contributed by atoms with Crippen LogP contribution in [0.5, 0.6) is 0 Å². The number of aryl methyl sites for hydroxylation is 1. The zero-order valence-corrected chi connectivity index (χ0v) is 16.1. The van der Waals surface area contributed by atoms with Crippen LogP contribution in [0.1, 0.15) is 56.3 Å². The highest BCUT2D eigenvalue weighted by molar-refractivity contribution is 6.07. The highest BCUT2D eigenvalue weighted by Crippen LogP contribution is 2.22. The van der Waals surface area contributed by atoms with Gasteiger partial charge in [-0.05, 0) is 51.5 Å². The molecule has 0 aliphatic heterocycles. The van der Waals surface area contributed by atoms with Crippen LogP contribution in [0, 0.1) is 19.7 Å². The number of benzene rings is 1. The molecule has 2 aromatic rings. The van der Waals surface area contributed by atoms with E-state index in [4.69, 9.17) is 4.74 Å². The number of ketones is 1. The number of H-pyrrole nitrogens is 1. The lowest BCUT2D eigenvalue weighted by molar-refractivity contribution is 0.0593. The Balaban J connectivity index is 2.36. The number of likely N-dealkylation sites (N-methyl/N-ethyl adjacent to an activating group) is 1. The molecule has 0 saturated heterocycles. The fourth-order valence-corrected chi connectivity index (χ4v) is 3.16. The topological polar surface area (TPSA) is 79.5 Å². The van der Waals surface area contributed by atoms with Gasteiger partial charge < -0.3 is 14.6 Å². The van der Waals surface area contributed by atoms with Gasteiger partial charge in [-0.15, -0.1) is 0 Å². The number of aromatic amines is 1. The maximum atomic E-state index is 13.5. The van der Waals surface area contributed by atoms with E-state index in [1.165, 1.54) is 30.2 Å². The van der Waals surface area contributed by atoms with E-state index in [0.717, 1.165) is 6.07 Å². The highest BCUT2D eigenvalue weighted by atomic mass is 19.1. The first kappa shape index (κ1) is 20.4. The van der Waals surface area contributed by atoms with E-state index in [0.29, 0.717) is 16.8 Å². The molecule has 1 aromatic heterocycles. The largest absolute Gasteiger partial charge is 0.464 e. The summed E-state index contributed by atoms with van der Waals surface area (Å²) in [5.74, 6) is -1.82.